The van der Waals surface area contributed by atoms with Gasteiger partial charge in [-0.2, -0.15) is 0 Å². The average molecular weight is 273 g/mol. The van der Waals surface area contributed by atoms with E-state index in [1.165, 1.54) is 0 Å². The van der Waals surface area contributed by atoms with Crippen molar-refractivity contribution in [2.45, 2.75) is 31.7 Å². The van der Waals surface area contributed by atoms with Gasteiger partial charge in [0.2, 0.25) is 0 Å². The molecular formula is C15H19N3O2. The number of para-hydroxylation sites is 1. The summed E-state index contributed by atoms with van der Waals surface area (Å²) in [4.78, 5) is 0. The van der Waals surface area contributed by atoms with E-state index in [9.17, 15) is 5.11 Å². The van der Waals surface area contributed by atoms with E-state index in [0.717, 1.165) is 42.2 Å². The van der Waals surface area contributed by atoms with E-state index in [-0.39, 0.29) is 12.6 Å². The molecule has 1 unspecified atom stereocenters. The molecule has 1 N–H and O–H groups in total. The second kappa shape index (κ2) is 5.63. The summed E-state index contributed by atoms with van der Waals surface area (Å²) < 4.78 is 7.49. The minimum Gasteiger partial charge on any atom is -0.496 e. The molecule has 0 bridgehead atoms. The second-order valence-electron chi connectivity index (χ2n) is 5.12. The number of nitrogens with zero attached hydrogens (tertiary/aromatic N) is 3. The van der Waals surface area contributed by atoms with Crippen LogP contribution < -0.4 is 4.74 Å². The van der Waals surface area contributed by atoms with Crippen LogP contribution in [0.4, 0.5) is 0 Å². The fraction of sp³-hybridized carbons (Fsp3) is 0.467. The predicted molar refractivity (Wildman–Crippen MR) is 74.9 cm³/mol. The smallest absolute Gasteiger partial charge is 0.137 e. The van der Waals surface area contributed by atoms with Crippen molar-refractivity contribution >= 4 is 0 Å². The number of aliphatic hydroxyl groups excluding tert-OH is 1. The molecule has 0 spiro atoms. The van der Waals surface area contributed by atoms with Crippen LogP contribution in [0.2, 0.25) is 0 Å². The van der Waals surface area contributed by atoms with Crippen molar-refractivity contribution in [2.24, 2.45) is 0 Å². The second-order valence-corrected chi connectivity index (χ2v) is 5.12. The molecule has 0 saturated carbocycles. The standard InChI is InChI=1S/C15H19N3O2/c1-20-13-7-3-2-5-11(13)9-15-17-16-14-8-4-6-12(10-19)18(14)15/h2-3,5,7,12,19H,4,6,8-10H2,1H3. The number of aromatic nitrogens is 3. The Bertz CT molecular complexity index is 595. The lowest BCUT2D eigenvalue weighted by molar-refractivity contribution is 0.203. The normalized spacial score (nSPS) is 17.8. The van der Waals surface area contributed by atoms with Gasteiger partial charge in [0.25, 0.3) is 0 Å². The summed E-state index contributed by atoms with van der Waals surface area (Å²) in [5, 5.41) is 18.1. The molecule has 1 atom stereocenters. The Hall–Kier alpha value is -1.88. The van der Waals surface area contributed by atoms with Gasteiger partial charge in [-0.1, -0.05) is 18.2 Å². The van der Waals surface area contributed by atoms with Crippen LogP contribution in [0.5, 0.6) is 5.75 Å². The Morgan fingerprint density at radius 1 is 1.35 bits per heavy atom. The summed E-state index contributed by atoms with van der Waals surface area (Å²) in [5.74, 6) is 2.75. The zero-order chi connectivity index (χ0) is 13.9. The Morgan fingerprint density at radius 3 is 3.00 bits per heavy atom. The third-order valence-electron chi connectivity index (χ3n) is 3.89. The Morgan fingerprint density at radius 2 is 2.20 bits per heavy atom. The molecule has 5 nitrogen and oxygen atoms in total. The lowest BCUT2D eigenvalue weighted by Crippen LogP contribution is -2.23. The van der Waals surface area contributed by atoms with Gasteiger partial charge in [0.15, 0.2) is 0 Å². The van der Waals surface area contributed by atoms with Gasteiger partial charge in [0.1, 0.15) is 17.4 Å². The van der Waals surface area contributed by atoms with Crippen LogP contribution >= 0.6 is 0 Å². The average Bonchev–Trinajstić information content (AvgIpc) is 2.91. The molecule has 0 fully saturated rings. The molecule has 2 aromatic rings. The van der Waals surface area contributed by atoms with E-state index in [1.807, 2.05) is 24.3 Å². The van der Waals surface area contributed by atoms with Crippen molar-refractivity contribution in [1.29, 1.82) is 0 Å². The van der Waals surface area contributed by atoms with Crippen molar-refractivity contribution in [3.05, 3.63) is 41.5 Å². The maximum Gasteiger partial charge on any atom is 0.137 e. The molecule has 0 amide bonds. The third kappa shape index (κ3) is 2.29. The third-order valence-corrected chi connectivity index (χ3v) is 3.89. The van der Waals surface area contributed by atoms with Crippen LogP contribution in [0, 0.1) is 0 Å². The predicted octanol–water partition coefficient (Wildman–Crippen LogP) is 1.75. The van der Waals surface area contributed by atoms with Gasteiger partial charge < -0.3 is 14.4 Å². The molecule has 1 aliphatic rings. The minimum atomic E-state index is 0.110. The maximum absolute atomic E-state index is 9.55. The summed E-state index contributed by atoms with van der Waals surface area (Å²) in [7, 11) is 1.68. The van der Waals surface area contributed by atoms with E-state index in [0.29, 0.717) is 6.42 Å². The van der Waals surface area contributed by atoms with Gasteiger partial charge in [-0.3, -0.25) is 0 Å². The molecule has 1 aromatic heterocycles. The highest BCUT2D eigenvalue weighted by molar-refractivity contribution is 5.35. The molecule has 0 aliphatic carbocycles. The molecule has 20 heavy (non-hydrogen) atoms. The first kappa shape index (κ1) is 13.1. The number of methoxy groups -OCH3 is 1. The highest BCUT2D eigenvalue weighted by Crippen LogP contribution is 2.27. The lowest BCUT2D eigenvalue weighted by Gasteiger charge is -2.24. The highest BCUT2D eigenvalue weighted by atomic mass is 16.5. The number of ether oxygens (including phenoxy) is 1. The monoisotopic (exact) mass is 273 g/mol. The number of benzene rings is 1. The van der Waals surface area contributed by atoms with Gasteiger partial charge in [0, 0.05) is 18.4 Å². The van der Waals surface area contributed by atoms with Crippen molar-refractivity contribution < 1.29 is 9.84 Å². The van der Waals surface area contributed by atoms with Gasteiger partial charge in [0.05, 0.1) is 19.8 Å². The number of aryl methyl sites for hydroxylation is 1. The molecule has 3 rings (SSSR count). The van der Waals surface area contributed by atoms with E-state index in [2.05, 4.69) is 14.8 Å². The van der Waals surface area contributed by atoms with Crippen LogP contribution in [-0.2, 0) is 12.8 Å². The first-order valence-electron chi connectivity index (χ1n) is 6.99. The fourth-order valence-corrected chi connectivity index (χ4v) is 2.89. The number of rotatable bonds is 4. The van der Waals surface area contributed by atoms with Crippen molar-refractivity contribution in [3.8, 4) is 5.75 Å². The summed E-state index contributed by atoms with van der Waals surface area (Å²) in [6.07, 6.45) is 3.67. The summed E-state index contributed by atoms with van der Waals surface area (Å²) in [6, 6.07) is 8.05. The molecule has 1 aliphatic heterocycles. The van der Waals surface area contributed by atoms with Gasteiger partial charge in [-0.15, -0.1) is 10.2 Å². The Kier molecular flexibility index (Phi) is 3.69. The van der Waals surface area contributed by atoms with Crippen LogP contribution in [-0.4, -0.2) is 33.6 Å². The van der Waals surface area contributed by atoms with E-state index < -0.39 is 0 Å². The number of hydrogen-bond acceptors (Lipinski definition) is 4. The first-order valence-corrected chi connectivity index (χ1v) is 6.99. The largest absolute Gasteiger partial charge is 0.496 e. The molecule has 1 aromatic carbocycles. The Balaban J connectivity index is 1.94. The Labute approximate surface area is 118 Å². The quantitative estimate of drug-likeness (QED) is 0.922. The van der Waals surface area contributed by atoms with Gasteiger partial charge >= 0.3 is 0 Å². The van der Waals surface area contributed by atoms with Crippen LogP contribution in [0.15, 0.2) is 24.3 Å². The van der Waals surface area contributed by atoms with E-state index >= 15 is 0 Å². The highest BCUT2D eigenvalue weighted by Gasteiger charge is 2.24. The SMILES string of the molecule is COc1ccccc1Cc1nnc2n1C(CO)CCC2. The molecule has 106 valence electrons. The molecule has 0 radical (unpaired) electrons. The van der Waals surface area contributed by atoms with Crippen molar-refractivity contribution in [3.63, 3.8) is 0 Å². The fourth-order valence-electron chi connectivity index (χ4n) is 2.89. The lowest BCUT2D eigenvalue weighted by atomic mass is 10.0. The van der Waals surface area contributed by atoms with Crippen LogP contribution in [0.1, 0.15) is 36.1 Å². The van der Waals surface area contributed by atoms with Crippen LogP contribution in [0.3, 0.4) is 0 Å². The number of fused-ring (bicyclic) bond motifs is 1. The van der Waals surface area contributed by atoms with Gasteiger partial charge in [-0.05, 0) is 18.9 Å². The minimum absolute atomic E-state index is 0.110. The number of aliphatic hydroxyl groups is 1. The molecule has 0 saturated heterocycles. The molecule has 5 heteroatoms. The van der Waals surface area contributed by atoms with Gasteiger partial charge in [-0.25, -0.2) is 0 Å². The maximum atomic E-state index is 9.55. The molecule has 2 heterocycles. The van der Waals surface area contributed by atoms with Crippen molar-refractivity contribution in [1.82, 2.24) is 14.8 Å². The summed E-state index contributed by atoms with van der Waals surface area (Å²) in [5.41, 5.74) is 1.09. The van der Waals surface area contributed by atoms with E-state index in [4.69, 9.17) is 4.74 Å². The zero-order valence-corrected chi connectivity index (χ0v) is 11.6. The van der Waals surface area contributed by atoms with Crippen LogP contribution in [0.25, 0.3) is 0 Å². The number of hydrogen-bond donors (Lipinski definition) is 1. The summed E-state index contributed by atoms with van der Waals surface area (Å²) in [6.45, 7) is 0.143. The molecular weight excluding hydrogens is 254 g/mol. The topological polar surface area (TPSA) is 60.2 Å². The zero-order valence-electron chi connectivity index (χ0n) is 11.6. The summed E-state index contributed by atoms with van der Waals surface area (Å²) >= 11 is 0. The first-order chi connectivity index (χ1) is 9.83. The van der Waals surface area contributed by atoms with Crippen molar-refractivity contribution in [2.75, 3.05) is 13.7 Å². The van der Waals surface area contributed by atoms with E-state index in [1.54, 1.807) is 7.11 Å².